The Morgan fingerprint density at radius 1 is 1.50 bits per heavy atom. The summed E-state index contributed by atoms with van der Waals surface area (Å²) in [6.45, 7) is 3.44. The van der Waals surface area contributed by atoms with E-state index in [4.69, 9.17) is 4.52 Å². The van der Waals surface area contributed by atoms with Gasteiger partial charge in [0.1, 0.15) is 0 Å². The van der Waals surface area contributed by atoms with E-state index in [0.29, 0.717) is 11.8 Å². The van der Waals surface area contributed by atoms with Crippen LogP contribution in [-0.4, -0.2) is 22.1 Å². The quantitative estimate of drug-likeness (QED) is 0.783. The summed E-state index contributed by atoms with van der Waals surface area (Å²) >= 11 is 0. The van der Waals surface area contributed by atoms with Crippen LogP contribution in [0.2, 0.25) is 0 Å². The number of nitrogens with zero attached hydrogens (tertiary/aromatic N) is 2. The fraction of sp³-hybridized carbons (Fsp3) is 0.545. The minimum Gasteiger partial charge on any atom is -0.350 e. The molecule has 0 spiro atoms. The van der Waals surface area contributed by atoms with Gasteiger partial charge in [-0.2, -0.15) is 4.98 Å². The van der Waals surface area contributed by atoms with Gasteiger partial charge in [-0.3, -0.25) is 4.79 Å². The van der Waals surface area contributed by atoms with Crippen molar-refractivity contribution in [2.75, 3.05) is 0 Å². The SMILES string of the molecule is C=CC(=O)NC1CCC(c2ncno2)CC1. The molecule has 1 aromatic heterocycles. The zero-order valence-electron chi connectivity index (χ0n) is 9.06. The fourth-order valence-corrected chi connectivity index (χ4v) is 2.11. The second-order valence-corrected chi connectivity index (χ2v) is 4.04. The largest absolute Gasteiger partial charge is 0.350 e. The first-order valence-electron chi connectivity index (χ1n) is 5.49. The average Bonchev–Trinajstić information content (AvgIpc) is 2.83. The van der Waals surface area contributed by atoms with E-state index in [-0.39, 0.29) is 11.9 Å². The van der Waals surface area contributed by atoms with Crippen LogP contribution in [0.25, 0.3) is 0 Å². The van der Waals surface area contributed by atoms with Crippen LogP contribution in [0.3, 0.4) is 0 Å². The molecule has 1 saturated carbocycles. The fourth-order valence-electron chi connectivity index (χ4n) is 2.11. The van der Waals surface area contributed by atoms with Crippen molar-refractivity contribution in [3.63, 3.8) is 0 Å². The Hall–Kier alpha value is -1.65. The van der Waals surface area contributed by atoms with Crippen molar-refractivity contribution in [2.24, 2.45) is 0 Å². The predicted molar refractivity (Wildman–Crippen MR) is 57.6 cm³/mol. The van der Waals surface area contributed by atoms with Crippen molar-refractivity contribution in [1.29, 1.82) is 0 Å². The minimum atomic E-state index is -0.0961. The van der Waals surface area contributed by atoms with Gasteiger partial charge in [-0.1, -0.05) is 11.7 Å². The second-order valence-electron chi connectivity index (χ2n) is 4.04. The monoisotopic (exact) mass is 221 g/mol. The molecule has 16 heavy (non-hydrogen) atoms. The molecule has 1 aliphatic carbocycles. The standard InChI is InChI=1S/C11H15N3O2/c1-2-10(15)14-9-5-3-8(4-6-9)11-12-7-13-16-11/h2,7-9H,1,3-6H2,(H,14,15). The highest BCUT2D eigenvalue weighted by atomic mass is 16.5. The molecule has 1 amide bonds. The molecule has 1 heterocycles. The Morgan fingerprint density at radius 3 is 2.81 bits per heavy atom. The van der Waals surface area contributed by atoms with E-state index in [9.17, 15) is 4.79 Å². The smallest absolute Gasteiger partial charge is 0.243 e. The topological polar surface area (TPSA) is 68.0 Å². The summed E-state index contributed by atoms with van der Waals surface area (Å²) in [4.78, 5) is 15.2. The van der Waals surface area contributed by atoms with E-state index in [1.807, 2.05) is 0 Å². The third kappa shape index (κ3) is 2.48. The lowest BCUT2D eigenvalue weighted by Crippen LogP contribution is -2.36. The molecule has 0 aromatic carbocycles. The van der Waals surface area contributed by atoms with Crippen LogP contribution in [0, 0.1) is 0 Å². The molecule has 1 N–H and O–H groups in total. The average molecular weight is 221 g/mol. The maximum Gasteiger partial charge on any atom is 0.243 e. The summed E-state index contributed by atoms with van der Waals surface area (Å²) in [7, 11) is 0. The summed E-state index contributed by atoms with van der Waals surface area (Å²) < 4.78 is 5.05. The third-order valence-electron chi connectivity index (χ3n) is 2.99. The van der Waals surface area contributed by atoms with Gasteiger partial charge in [-0.15, -0.1) is 0 Å². The Balaban J connectivity index is 1.83. The van der Waals surface area contributed by atoms with Crippen LogP contribution in [0.4, 0.5) is 0 Å². The lowest BCUT2D eigenvalue weighted by molar-refractivity contribution is -0.117. The van der Waals surface area contributed by atoms with Crippen molar-refractivity contribution in [1.82, 2.24) is 15.5 Å². The van der Waals surface area contributed by atoms with Crippen molar-refractivity contribution < 1.29 is 9.32 Å². The molecule has 0 radical (unpaired) electrons. The van der Waals surface area contributed by atoms with E-state index >= 15 is 0 Å². The zero-order chi connectivity index (χ0) is 11.4. The highest BCUT2D eigenvalue weighted by Gasteiger charge is 2.25. The molecule has 1 fully saturated rings. The van der Waals surface area contributed by atoms with Gasteiger partial charge in [0.25, 0.3) is 0 Å². The molecule has 0 bridgehead atoms. The van der Waals surface area contributed by atoms with Gasteiger partial charge < -0.3 is 9.84 Å². The van der Waals surface area contributed by atoms with Gasteiger partial charge in [-0.05, 0) is 31.8 Å². The van der Waals surface area contributed by atoms with Crippen LogP contribution >= 0.6 is 0 Å². The van der Waals surface area contributed by atoms with Crippen LogP contribution in [-0.2, 0) is 4.79 Å². The maximum atomic E-state index is 11.1. The Bertz CT molecular complexity index is 353. The van der Waals surface area contributed by atoms with E-state index in [0.717, 1.165) is 25.7 Å². The summed E-state index contributed by atoms with van der Waals surface area (Å²) in [6.07, 6.45) is 6.60. The summed E-state index contributed by atoms with van der Waals surface area (Å²) in [5, 5.41) is 6.52. The summed E-state index contributed by atoms with van der Waals surface area (Å²) in [6, 6.07) is 0.254. The van der Waals surface area contributed by atoms with Crippen molar-refractivity contribution in [3.8, 4) is 0 Å². The number of carbonyl (C=O) groups excluding carboxylic acids is 1. The number of aromatic nitrogens is 2. The lowest BCUT2D eigenvalue weighted by atomic mass is 9.86. The summed E-state index contributed by atoms with van der Waals surface area (Å²) in [5.41, 5.74) is 0. The first kappa shape index (κ1) is 10.9. The molecule has 1 aliphatic rings. The van der Waals surface area contributed by atoms with E-state index in [1.54, 1.807) is 0 Å². The molecule has 5 nitrogen and oxygen atoms in total. The second kappa shape index (κ2) is 4.92. The van der Waals surface area contributed by atoms with Crippen molar-refractivity contribution in [3.05, 3.63) is 24.9 Å². The number of amides is 1. The van der Waals surface area contributed by atoms with Gasteiger partial charge in [0, 0.05) is 12.0 Å². The molecule has 2 rings (SSSR count). The molecular weight excluding hydrogens is 206 g/mol. The highest BCUT2D eigenvalue weighted by molar-refractivity contribution is 5.87. The van der Waals surface area contributed by atoms with Crippen LogP contribution in [0.5, 0.6) is 0 Å². The number of nitrogens with one attached hydrogen (secondary N) is 1. The molecular formula is C11H15N3O2. The number of rotatable bonds is 3. The number of hydrogen-bond acceptors (Lipinski definition) is 4. The van der Waals surface area contributed by atoms with Gasteiger partial charge in [-0.25, -0.2) is 0 Å². The lowest BCUT2D eigenvalue weighted by Gasteiger charge is -2.26. The maximum absolute atomic E-state index is 11.1. The van der Waals surface area contributed by atoms with E-state index in [2.05, 4.69) is 22.0 Å². The Labute approximate surface area is 93.9 Å². The minimum absolute atomic E-state index is 0.0961. The van der Waals surface area contributed by atoms with Crippen LogP contribution in [0.1, 0.15) is 37.5 Å². The number of hydrogen-bond donors (Lipinski definition) is 1. The first-order valence-corrected chi connectivity index (χ1v) is 5.49. The predicted octanol–water partition coefficient (Wildman–Crippen LogP) is 1.40. The van der Waals surface area contributed by atoms with Crippen LogP contribution < -0.4 is 5.32 Å². The Morgan fingerprint density at radius 2 is 2.25 bits per heavy atom. The van der Waals surface area contributed by atoms with Gasteiger partial charge in [0.2, 0.25) is 11.8 Å². The van der Waals surface area contributed by atoms with Gasteiger partial charge in [0.15, 0.2) is 6.33 Å². The molecule has 86 valence electrons. The van der Waals surface area contributed by atoms with Gasteiger partial charge >= 0.3 is 0 Å². The normalized spacial score (nSPS) is 25.0. The third-order valence-corrected chi connectivity index (χ3v) is 2.99. The molecule has 0 saturated heterocycles. The molecule has 0 aliphatic heterocycles. The van der Waals surface area contributed by atoms with Crippen molar-refractivity contribution >= 4 is 5.91 Å². The highest BCUT2D eigenvalue weighted by Crippen LogP contribution is 2.31. The summed E-state index contributed by atoms with van der Waals surface area (Å²) in [5.74, 6) is 0.967. The number of carbonyl (C=O) groups is 1. The first-order chi connectivity index (χ1) is 7.79. The van der Waals surface area contributed by atoms with Crippen molar-refractivity contribution in [2.45, 2.75) is 37.6 Å². The molecule has 0 unspecified atom stereocenters. The van der Waals surface area contributed by atoms with E-state index in [1.165, 1.54) is 12.4 Å². The molecule has 1 aromatic rings. The molecule has 5 heteroatoms. The van der Waals surface area contributed by atoms with Gasteiger partial charge in [0.05, 0.1) is 0 Å². The van der Waals surface area contributed by atoms with Crippen LogP contribution in [0.15, 0.2) is 23.5 Å². The molecule has 0 atom stereocenters. The Kier molecular flexibility index (Phi) is 3.34. The zero-order valence-corrected chi connectivity index (χ0v) is 9.06. The van der Waals surface area contributed by atoms with E-state index < -0.39 is 0 Å².